The number of hydrogen-bond donors (Lipinski definition) is 1. The number of β-amino-alcohol motifs (C(OH)–C–C–N with tert-alkyl or cyclic N) is 1. The summed E-state index contributed by atoms with van der Waals surface area (Å²) in [6, 6.07) is 14.2. The fourth-order valence-corrected chi connectivity index (χ4v) is 5.45. The number of aliphatic hydroxyl groups is 1. The summed E-state index contributed by atoms with van der Waals surface area (Å²) in [5.74, 6) is 3.85. The summed E-state index contributed by atoms with van der Waals surface area (Å²) in [4.78, 5) is 2.34. The second-order valence-corrected chi connectivity index (χ2v) is 10.7. The van der Waals surface area contributed by atoms with Gasteiger partial charge in [0.05, 0.1) is 12.0 Å². The average molecular weight is 518 g/mol. The van der Waals surface area contributed by atoms with Gasteiger partial charge in [-0.3, -0.25) is 0 Å². The van der Waals surface area contributed by atoms with Gasteiger partial charge in [0.1, 0.15) is 29.8 Å². The molecule has 0 spiro atoms. The summed E-state index contributed by atoms with van der Waals surface area (Å²) in [5, 5.41) is 19.8. The van der Waals surface area contributed by atoms with Crippen molar-refractivity contribution in [3.05, 3.63) is 59.5 Å². The SMILES string of the molecule is CC(C)c1nnc(-c2cc3c(OCC(O)CN4CCC(c5ccc6c(c5)CCCO6)CC4)cccc3o2)o1. The van der Waals surface area contributed by atoms with Crippen molar-refractivity contribution in [1.29, 1.82) is 0 Å². The zero-order valence-electron chi connectivity index (χ0n) is 22.1. The molecule has 1 fully saturated rings. The van der Waals surface area contributed by atoms with Gasteiger partial charge in [0.25, 0.3) is 5.89 Å². The summed E-state index contributed by atoms with van der Waals surface area (Å²) in [6.07, 6.45) is 3.82. The largest absolute Gasteiger partial charge is 0.493 e. The molecule has 2 aliphatic rings. The van der Waals surface area contributed by atoms with Gasteiger partial charge < -0.3 is 28.3 Å². The molecular formula is C30H35N3O5. The van der Waals surface area contributed by atoms with E-state index in [1.807, 2.05) is 38.1 Å². The summed E-state index contributed by atoms with van der Waals surface area (Å²) in [7, 11) is 0. The Balaban J connectivity index is 1.03. The summed E-state index contributed by atoms with van der Waals surface area (Å²) < 4.78 is 23.5. The molecule has 1 unspecified atom stereocenters. The van der Waals surface area contributed by atoms with Gasteiger partial charge in [0, 0.05) is 18.5 Å². The molecule has 200 valence electrons. The number of furan rings is 1. The van der Waals surface area contributed by atoms with Gasteiger partial charge in [-0.1, -0.05) is 32.0 Å². The molecule has 8 heteroatoms. The third kappa shape index (κ3) is 5.28. The Morgan fingerprint density at radius 3 is 2.76 bits per heavy atom. The fraction of sp³-hybridized carbons (Fsp3) is 0.467. The summed E-state index contributed by atoms with van der Waals surface area (Å²) in [6.45, 7) is 7.58. The van der Waals surface area contributed by atoms with E-state index in [1.165, 1.54) is 11.1 Å². The highest BCUT2D eigenvalue weighted by Crippen LogP contribution is 2.35. The Hall–Kier alpha value is -3.36. The lowest BCUT2D eigenvalue weighted by molar-refractivity contribution is 0.0599. The van der Waals surface area contributed by atoms with Crippen molar-refractivity contribution in [2.75, 3.05) is 32.8 Å². The first-order valence-corrected chi connectivity index (χ1v) is 13.7. The number of aryl methyl sites for hydroxylation is 1. The van der Waals surface area contributed by atoms with E-state index in [-0.39, 0.29) is 12.5 Å². The molecule has 0 amide bonds. The van der Waals surface area contributed by atoms with Gasteiger partial charge in [-0.15, -0.1) is 10.2 Å². The van der Waals surface area contributed by atoms with Crippen LogP contribution in [0.4, 0.5) is 0 Å². The molecule has 2 aromatic heterocycles. The van der Waals surface area contributed by atoms with Crippen LogP contribution in [0.5, 0.6) is 11.5 Å². The van der Waals surface area contributed by atoms with E-state index in [2.05, 4.69) is 33.3 Å². The van der Waals surface area contributed by atoms with Crippen LogP contribution in [-0.2, 0) is 6.42 Å². The maximum absolute atomic E-state index is 10.8. The van der Waals surface area contributed by atoms with E-state index in [1.54, 1.807) is 0 Å². The number of likely N-dealkylation sites (tertiary alicyclic amines) is 1. The molecule has 6 rings (SSSR count). The lowest BCUT2D eigenvalue weighted by Gasteiger charge is -2.33. The Bertz CT molecular complexity index is 1390. The van der Waals surface area contributed by atoms with Crippen LogP contribution in [0, 0.1) is 0 Å². The molecule has 1 saturated heterocycles. The molecule has 4 aromatic rings. The van der Waals surface area contributed by atoms with Crippen LogP contribution in [0.1, 0.15) is 62.0 Å². The second kappa shape index (κ2) is 10.8. The van der Waals surface area contributed by atoms with E-state index >= 15 is 0 Å². The van der Waals surface area contributed by atoms with E-state index in [0.717, 1.165) is 56.5 Å². The minimum Gasteiger partial charge on any atom is -0.493 e. The molecule has 4 heterocycles. The highest BCUT2D eigenvalue weighted by atomic mass is 16.5. The van der Waals surface area contributed by atoms with Crippen molar-refractivity contribution >= 4 is 11.0 Å². The highest BCUT2D eigenvalue weighted by Gasteiger charge is 2.24. The number of fused-ring (bicyclic) bond motifs is 2. The summed E-state index contributed by atoms with van der Waals surface area (Å²) in [5.41, 5.74) is 3.44. The molecule has 0 saturated carbocycles. The number of ether oxygens (including phenoxy) is 2. The van der Waals surface area contributed by atoms with Crippen molar-refractivity contribution in [2.45, 2.75) is 57.5 Å². The number of aromatic nitrogens is 2. The fourth-order valence-electron chi connectivity index (χ4n) is 5.45. The Morgan fingerprint density at radius 2 is 1.95 bits per heavy atom. The molecule has 38 heavy (non-hydrogen) atoms. The van der Waals surface area contributed by atoms with Gasteiger partial charge in [0.2, 0.25) is 5.89 Å². The molecule has 8 nitrogen and oxygen atoms in total. The average Bonchev–Trinajstić information content (AvgIpc) is 3.60. The van der Waals surface area contributed by atoms with E-state index < -0.39 is 6.10 Å². The van der Waals surface area contributed by atoms with Gasteiger partial charge in [0.15, 0.2) is 5.76 Å². The zero-order chi connectivity index (χ0) is 26.1. The molecule has 2 aliphatic heterocycles. The molecule has 2 aromatic carbocycles. The smallest absolute Gasteiger partial charge is 0.283 e. The normalized spacial score (nSPS) is 17.5. The van der Waals surface area contributed by atoms with Gasteiger partial charge in [-0.25, -0.2) is 0 Å². The molecule has 1 atom stereocenters. The predicted molar refractivity (Wildman–Crippen MR) is 144 cm³/mol. The minimum atomic E-state index is -0.585. The Kier molecular flexibility index (Phi) is 7.08. The minimum absolute atomic E-state index is 0.144. The maximum atomic E-state index is 10.8. The molecule has 0 radical (unpaired) electrons. The molecule has 0 aliphatic carbocycles. The van der Waals surface area contributed by atoms with Crippen LogP contribution in [-0.4, -0.2) is 59.2 Å². The Morgan fingerprint density at radius 1 is 1.08 bits per heavy atom. The number of rotatable bonds is 8. The van der Waals surface area contributed by atoms with Crippen molar-refractivity contribution in [3.8, 4) is 23.1 Å². The first-order chi connectivity index (χ1) is 18.5. The number of piperidine rings is 1. The van der Waals surface area contributed by atoms with Crippen molar-refractivity contribution in [3.63, 3.8) is 0 Å². The van der Waals surface area contributed by atoms with Gasteiger partial charge in [-0.2, -0.15) is 0 Å². The highest BCUT2D eigenvalue weighted by molar-refractivity contribution is 5.87. The predicted octanol–water partition coefficient (Wildman–Crippen LogP) is 5.55. The topological polar surface area (TPSA) is 94.0 Å². The summed E-state index contributed by atoms with van der Waals surface area (Å²) >= 11 is 0. The number of nitrogens with zero attached hydrogens (tertiary/aromatic N) is 3. The second-order valence-electron chi connectivity index (χ2n) is 10.7. The van der Waals surface area contributed by atoms with Crippen molar-refractivity contribution in [2.24, 2.45) is 0 Å². The number of aliphatic hydroxyl groups excluding tert-OH is 1. The lowest BCUT2D eigenvalue weighted by Crippen LogP contribution is -2.40. The van der Waals surface area contributed by atoms with Crippen LogP contribution in [0.15, 0.2) is 51.3 Å². The van der Waals surface area contributed by atoms with Crippen molar-refractivity contribution in [1.82, 2.24) is 15.1 Å². The van der Waals surface area contributed by atoms with Gasteiger partial charge >= 0.3 is 0 Å². The van der Waals surface area contributed by atoms with Gasteiger partial charge in [-0.05, 0) is 74.0 Å². The standard InChI is InChI=1S/C30H35N3O5/c1-19(2)29-31-32-30(38-29)28-16-24-26(6-3-7-27(24)37-28)36-18-23(34)17-33-12-10-20(11-13-33)21-8-9-25-22(15-21)5-4-14-35-25/h3,6-9,15-16,19-20,23,34H,4-5,10-14,17-18H2,1-2H3. The van der Waals surface area contributed by atoms with Crippen LogP contribution >= 0.6 is 0 Å². The third-order valence-corrected chi connectivity index (χ3v) is 7.56. The number of benzene rings is 2. The van der Waals surface area contributed by atoms with Crippen LogP contribution in [0.3, 0.4) is 0 Å². The lowest BCUT2D eigenvalue weighted by atomic mass is 9.87. The molecule has 1 N–H and O–H groups in total. The monoisotopic (exact) mass is 517 g/mol. The van der Waals surface area contributed by atoms with E-state index in [4.69, 9.17) is 18.3 Å². The van der Waals surface area contributed by atoms with E-state index in [9.17, 15) is 5.11 Å². The van der Waals surface area contributed by atoms with Crippen LogP contribution in [0.2, 0.25) is 0 Å². The van der Waals surface area contributed by atoms with Crippen LogP contribution in [0.25, 0.3) is 22.6 Å². The van der Waals surface area contributed by atoms with E-state index in [0.29, 0.717) is 41.3 Å². The van der Waals surface area contributed by atoms with Crippen molar-refractivity contribution < 1.29 is 23.4 Å². The molecule has 0 bridgehead atoms. The third-order valence-electron chi connectivity index (χ3n) is 7.56. The quantitative estimate of drug-likeness (QED) is 0.325. The van der Waals surface area contributed by atoms with Crippen LogP contribution < -0.4 is 9.47 Å². The first kappa shape index (κ1) is 24.9. The Labute approximate surface area is 222 Å². The first-order valence-electron chi connectivity index (χ1n) is 13.7. The zero-order valence-corrected chi connectivity index (χ0v) is 22.1. The molecular weight excluding hydrogens is 482 g/mol. The number of hydrogen-bond acceptors (Lipinski definition) is 8. The maximum Gasteiger partial charge on any atom is 0.283 e.